The molecule has 0 bridgehead atoms. The number of aromatic nitrogens is 2. The lowest BCUT2D eigenvalue weighted by Gasteiger charge is -2.39. The number of halogens is 1. The van der Waals surface area contributed by atoms with Gasteiger partial charge in [0.05, 0.1) is 6.20 Å². The fourth-order valence-corrected chi connectivity index (χ4v) is 4.36. The molecule has 1 fully saturated rings. The molecule has 32 heavy (non-hydrogen) atoms. The van der Waals surface area contributed by atoms with E-state index in [9.17, 15) is 18.8 Å². The highest BCUT2D eigenvalue weighted by molar-refractivity contribution is 7.99. The maximum absolute atomic E-state index is 14.7. The van der Waals surface area contributed by atoms with Crippen molar-refractivity contribution < 1.29 is 37.7 Å². The van der Waals surface area contributed by atoms with Crippen LogP contribution in [0, 0.1) is 5.82 Å². The van der Waals surface area contributed by atoms with Crippen molar-refractivity contribution in [2.75, 3.05) is 5.75 Å². The molecule has 0 spiro atoms. The summed E-state index contributed by atoms with van der Waals surface area (Å²) in [7, 11) is 0. The summed E-state index contributed by atoms with van der Waals surface area (Å²) in [6, 6.07) is 4.49. The number of thioether (sulfide) groups is 1. The van der Waals surface area contributed by atoms with Crippen LogP contribution in [-0.4, -0.2) is 57.4 Å². The number of nitrogens with zero attached hydrogens (tertiary/aromatic N) is 2. The zero-order chi connectivity index (χ0) is 23.3. The molecule has 2 aromatic heterocycles. The van der Waals surface area contributed by atoms with Crippen molar-refractivity contribution in [2.45, 2.75) is 44.5 Å². The van der Waals surface area contributed by atoms with Gasteiger partial charge in [-0.2, -0.15) is 0 Å². The second-order valence-electron chi connectivity index (χ2n) is 6.86. The van der Waals surface area contributed by atoms with Gasteiger partial charge in [0, 0.05) is 50.5 Å². The van der Waals surface area contributed by atoms with Crippen molar-refractivity contribution in [3.63, 3.8) is 0 Å². The standard InChI is InChI=1S/C21H21FN2O7S/c1-11(25)28-17-10-32-21(20(30-13(3)27)19(17)29-12(2)26)31-15-7-16(22)18(24-9-15)14-5-4-6-23-8-14/h4-9,17,19-21H,10H2,1-3H3/t17-,19+,20-,21-/m1/s1. The first-order valence-electron chi connectivity index (χ1n) is 9.60. The van der Waals surface area contributed by atoms with Gasteiger partial charge in [-0.1, -0.05) is 0 Å². The van der Waals surface area contributed by atoms with Crippen molar-refractivity contribution in [3.8, 4) is 17.0 Å². The minimum atomic E-state index is -1.11. The molecule has 1 aliphatic rings. The summed E-state index contributed by atoms with van der Waals surface area (Å²) in [5.74, 6) is -2.23. The molecule has 4 atom stereocenters. The minimum absolute atomic E-state index is 0.0808. The molecule has 170 valence electrons. The quantitative estimate of drug-likeness (QED) is 0.467. The third kappa shape index (κ3) is 5.94. The summed E-state index contributed by atoms with van der Waals surface area (Å²) >= 11 is 1.17. The van der Waals surface area contributed by atoms with Gasteiger partial charge in [0.2, 0.25) is 0 Å². The Labute approximate surface area is 187 Å². The van der Waals surface area contributed by atoms with Gasteiger partial charge in [-0.05, 0) is 12.1 Å². The Morgan fingerprint density at radius 1 is 1.03 bits per heavy atom. The summed E-state index contributed by atoms with van der Waals surface area (Å²) in [5, 5.41) is 0. The number of carbonyl (C=O) groups excluding carboxylic acids is 3. The number of rotatable bonds is 6. The van der Waals surface area contributed by atoms with Crippen molar-refractivity contribution in [1.82, 2.24) is 9.97 Å². The first kappa shape index (κ1) is 23.5. The van der Waals surface area contributed by atoms with Crippen LogP contribution in [0.25, 0.3) is 11.3 Å². The Kier molecular flexibility index (Phi) is 7.62. The highest BCUT2D eigenvalue weighted by Crippen LogP contribution is 2.34. The monoisotopic (exact) mass is 464 g/mol. The molecule has 0 aromatic carbocycles. The van der Waals surface area contributed by atoms with Crippen molar-refractivity contribution >= 4 is 29.7 Å². The van der Waals surface area contributed by atoms with Crippen LogP contribution in [0.3, 0.4) is 0 Å². The lowest BCUT2D eigenvalue weighted by molar-refractivity contribution is -0.186. The molecular formula is C21H21FN2O7S. The normalized spacial score (nSPS) is 22.5. The SMILES string of the molecule is CC(=O)O[C@@H]1[C@@H](OC(C)=O)[C@H](OC(C)=O)CS[C@H]1Oc1cnc(-c2cccnc2)c(F)c1. The average Bonchev–Trinajstić information content (AvgIpc) is 2.72. The summed E-state index contributed by atoms with van der Waals surface area (Å²) in [5.41, 5.74) is -0.271. The molecule has 3 heterocycles. The Hall–Kier alpha value is -3.21. The van der Waals surface area contributed by atoms with Crippen LogP contribution in [-0.2, 0) is 28.6 Å². The highest BCUT2D eigenvalue weighted by Gasteiger charge is 2.47. The van der Waals surface area contributed by atoms with E-state index in [0.717, 1.165) is 6.07 Å². The predicted molar refractivity (Wildman–Crippen MR) is 111 cm³/mol. The van der Waals surface area contributed by atoms with Gasteiger partial charge in [-0.3, -0.25) is 19.4 Å². The zero-order valence-corrected chi connectivity index (χ0v) is 18.3. The molecule has 3 rings (SSSR count). The number of pyridine rings is 2. The van der Waals surface area contributed by atoms with Crippen LogP contribution in [0.4, 0.5) is 4.39 Å². The maximum Gasteiger partial charge on any atom is 0.303 e. The largest absolute Gasteiger partial charge is 0.474 e. The lowest BCUT2D eigenvalue weighted by atomic mass is 10.1. The number of hydrogen-bond acceptors (Lipinski definition) is 10. The van der Waals surface area contributed by atoms with E-state index in [-0.39, 0.29) is 17.2 Å². The van der Waals surface area contributed by atoms with Crippen LogP contribution < -0.4 is 4.74 Å². The fraction of sp³-hybridized carbons (Fsp3) is 0.381. The first-order valence-corrected chi connectivity index (χ1v) is 10.7. The van der Waals surface area contributed by atoms with E-state index in [1.807, 2.05) is 0 Å². The van der Waals surface area contributed by atoms with E-state index in [0.29, 0.717) is 5.56 Å². The summed E-state index contributed by atoms with van der Waals surface area (Å²) in [6.45, 7) is 3.59. The third-order valence-corrected chi connectivity index (χ3v) is 5.52. The molecule has 0 aliphatic carbocycles. The first-order chi connectivity index (χ1) is 15.2. The zero-order valence-electron chi connectivity index (χ0n) is 17.5. The number of carbonyl (C=O) groups is 3. The van der Waals surface area contributed by atoms with Crippen molar-refractivity contribution in [2.24, 2.45) is 0 Å². The molecular weight excluding hydrogens is 443 g/mol. The second-order valence-corrected chi connectivity index (χ2v) is 7.99. The van der Waals surface area contributed by atoms with Gasteiger partial charge < -0.3 is 18.9 Å². The third-order valence-electron chi connectivity index (χ3n) is 4.31. The molecule has 0 saturated carbocycles. The minimum Gasteiger partial charge on any atom is -0.474 e. The molecule has 11 heteroatoms. The van der Waals surface area contributed by atoms with Gasteiger partial charge in [-0.25, -0.2) is 9.37 Å². The van der Waals surface area contributed by atoms with Crippen LogP contribution >= 0.6 is 11.8 Å². The Morgan fingerprint density at radius 3 is 2.31 bits per heavy atom. The summed E-state index contributed by atoms with van der Waals surface area (Å²) < 4.78 is 36.4. The lowest BCUT2D eigenvalue weighted by Crippen LogP contribution is -2.55. The molecule has 0 unspecified atom stereocenters. The van der Waals surface area contributed by atoms with Crippen molar-refractivity contribution in [1.29, 1.82) is 0 Å². The maximum atomic E-state index is 14.7. The highest BCUT2D eigenvalue weighted by atomic mass is 32.2. The average molecular weight is 464 g/mol. The molecule has 2 aromatic rings. The van der Waals surface area contributed by atoms with E-state index in [2.05, 4.69) is 9.97 Å². The van der Waals surface area contributed by atoms with Gasteiger partial charge in [0.25, 0.3) is 0 Å². The van der Waals surface area contributed by atoms with E-state index in [1.54, 1.807) is 18.3 Å². The van der Waals surface area contributed by atoms with Gasteiger partial charge in [-0.15, -0.1) is 11.8 Å². The molecule has 9 nitrogen and oxygen atoms in total. The van der Waals surface area contributed by atoms with Crippen LogP contribution in [0.1, 0.15) is 20.8 Å². The van der Waals surface area contributed by atoms with E-state index >= 15 is 0 Å². The van der Waals surface area contributed by atoms with Crippen molar-refractivity contribution in [3.05, 3.63) is 42.6 Å². The second kappa shape index (κ2) is 10.4. The van der Waals surface area contributed by atoms with Gasteiger partial charge in [0.1, 0.15) is 11.4 Å². The summed E-state index contributed by atoms with van der Waals surface area (Å²) in [4.78, 5) is 42.9. The van der Waals surface area contributed by atoms with Crippen LogP contribution in [0.2, 0.25) is 0 Å². The number of hydrogen-bond donors (Lipinski definition) is 0. The molecule has 0 amide bonds. The molecule has 1 saturated heterocycles. The Balaban J connectivity index is 1.85. The van der Waals surface area contributed by atoms with Crippen LogP contribution in [0.15, 0.2) is 36.8 Å². The van der Waals surface area contributed by atoms with E-state index < -0.39 is 47.5 Å². The van der Waals surface area contributed by atoms with Gasteiger partial charge >= 0.3 is 17.9 Å². The number of ether oxygens (including phenoxy) is 4. The molecule has 1 aliphatic heterocycles. The molecule has 0 N–H and O–H groups in total. The Bertz CT molecular complexity index is 991. The predicted octanol–water partition coefficient (Wildman–Crippen LogP) is 2.53. The fourth-order valence-electron chi connectivity index (χ4n) is 3.14. The van der Waals surface area contributed by atoms with Gasteiger partial charge in [0.15, 0.2) is 29.6 Å². The summed E-state index contributed by atoms with van der Waals surface area (Å²) in [6.07, 6.45) is 1.32. The van der Waals surface area contributed by atoms with E-state index in [4.69, 9.17) is 18.9 Å². The topological polar surface area (TPSA) is 114 Å². The smallest absolute Gasteiger partial charge is 0.303 e. The number of esters is 3. The van der Waals surface area contributed by atoms with Crippen LogP contribution in [0.5, 0.6) is 5.75 Å². The molecule has 0 radical (unpaired) electrons. The van der Waals surface area contributed by atoms with E-state index in [1.165, 1.54) is 44.9 Å². The Morgan fingerprint density at radius 2 is 1.72 bits per heavy atom.